The molecular formula is C14H23FN6S. The van der Waals surface area contributed by atoms with Crippen molar-refractivity contribution in [3.8, 4) is 0 Å². The third kappa shape index (κ3) is 3.86. The van der Waals surface area contributed by atoms with Crippen LogP contribution in [-0.4, -0.2) is 47.0 Å². The Kier molecular flexibility index (Phi) is 5.96. The molecule has 0 saturated carbocycles. The van der Waals surface area contributed by atoms with Gasteiger partial charge in [-0.2, -0.15) is 10.2 Å². The summed E-state index contributed by atoms with van der Waals surface area (Å²) in [4.78, 5) is 6.25. The van der Waals surface area contributed by atoms with E-state index >= 15 is 0 Å². The Morgan fingerprint density at radius 2 is 2.18 bits per heavy atom. The molecule has 1 saturated heterocycles. The molecule has 22 heavy (non-hydrogen) atoms. The molecule has 2 rings (SSSR count). The fourth-order valence-corrected chi connectivity index (χ4v) is 2.90. The van der Waals surface area contributed by atoms with E-state index in [0.29, 0.717) is 11.6 Å². The molecule has 0 bridgehead atoms. The molecule has 1 aromatic heterocycles. The average Bonchev–Trinajstić information content (AvgIpc) is 2.99. The number of nitrogens with zero attached hydrogens (tertiary/aromatic N) is 5. The first-order valence-electron chi connectivity index (χ1n) is 7.39. The zero-order chi connectivity index (χ0) is 16.1. The van der Waals surface area contributed by atoms with Crippen LogP contribution in [0.5, 0.6) is 0 Å². The lowest BCUT2D eigenvalue weighted by molar-refractivity contribution is 0.441. The minimum absolute atomic E-state index is 0.316. The van der Waals surface area contributed by atoms with E-state index in [9.17, 15) is 4.39 Å². The normalized spacial score (nSPS) is 17.9. The van der Waals surface area contributed by atoms with Gasteiger partial charge in [0, 0.05) is 13.0 Å². The van der Waals surface area contributed by atoms with Gasteiger partial charge >= 0.3 is 0 Å². The molecule has 0 spiro atoms. The van der Waals surface area contributed by atoms with Crippen LogP contribution >= 0.6 is 11.8 Å². The van der Waals surface area contributed by atoms with E-state index < -0.39 is 0 Å². The van der Waals surface area contributed by atoms with Crippen molar-refractivity contribution >= 4 is 17.5 Å². The second kappa shape index (κ2) is 7.73. The maximum atomic E-state index is 13.5. The van der Waals surface area contributed by atoms with Gasteiger partial charge in [0.25, 0.3) is 0 Å². The highest BCUT2D eigenvalue weighted by Crippen LogP contribution is 2.24. The maximum Gasteiger partial charge on any atom is 0.210 e. The van der Waals surface area contributed by atoms with Crippen LogP contribution in [0.1, 0.15) is 38.4 Å². The molecule has 2 heterocycles. The molecule has 6 nitrogen and oxygen atoms in total. The topological polar surface area (TPSA) is 58.3 Å². The largest absolute Gasteiger partial charge is 0.317 e. The summed E-state index contributed by atoms with van der Waals surface area (Å²) < 4.78 is 13.5. The second-order valence-corrected chi connectivity index (χ2v) is 5.96. The third-order valence-corrected chi connectivity index (χ3v) is 4.25. The first kappa shape index (κ1) is 17.0. The van der Waals surface area contributed by atoms with Crippen molar-refractivity contribution in [1.29, 1.82) is 0 Å². The number of hydrogen-bond donors (Lipinski definition) is 1. The summed E-state index contributed by atoms with van der Waals surface area (Å²) in [5.74, 6) is 0.882. The SMILES string of the molecule is C/C=C(F)\C(C)=N\N(C)n1nc(C2CCNCC2)nc1SC. The van der Waals surface area contributed by atoms with Gasteiger partial charge in [-0.3, -0.25) is 0 Å². The number of rotatable bonds is 5. The lowest BCUT2D eigenvalue weighted by Crippen LogP contribution is -2.29. The van der Waals surface area contributed by atoms with Crippen LogP contribution in [0.15, 0.2) is 22.2 Å². The Morgan fingerprint density at radius 3 is 2.77 bits per heavy atom. The van der Waals surface area contributed by atoms with Gasteiger partial charge in [-0.25, -0.2) is 9.37 Å². The number of halogens is 1. The Balaban J connectivity index is 2.24. The highest BCUT2D eigenvalue weighted by Gasteiger charge is 2.22. The molecule has 0 unspecified atom stereocenters. The lowest BCUT2D eigenvalue weighted by Gasteiger charge is -2.19. The van der Waals surface area contributed by atoms with Crippen molar-refractivity contribution in [2.45, 2.75) is 37.8 Å². The van der Waals surface area contributed by atoms with Gasteiger partial charge in [-0.05, 0) is 52.1 Å². The van der Waals surface area contributed by atoms with E-state index in [4.69, 9.17) is 0 Å². The quantitative estimate of drug-likeness (QED) is 0.511. The molecule has 1 aliphatic heterocycles. The second-order valence-electron chi connectivity index (χ2n) is 5.18. The summed E-state index contributed by atoms with van der Waals surface area (Å²) in [5.41, 5.74) is 0.316. The Morgan fingerprint density at radius 1 is 1.50 bits per heavy atom. The van der Waals surface area contributed by atoms with Crippen LogP contribution in [-0.2, 0) is 0 Å². The highest BCUT2D eigenvalue weighted by atomic mass is 32.2. The molecule has 1 fully saturated rings. The monoisotopic (exact) mass is 326 g/mol. The first-order valence-corrected chi connectivity index (χ1v) is 8.62. The molecule has 8 heteroatoms. The average molecular weight is 326 g/mol. The highest BCUT2D eigenvalue weighted by molar-refractivity contribution is 7.98. The minimum atomic E-state index is -0.337. The molecular weight excluding hydrogens is 303 g/mol. The van der Waals surface area contributed by atoms with E-state index in [1.165, 1.54) is 23.0 Å². The fraction of sp³-hybridized carbons (Fsp3) is 0.643. The summed E-state index contributed by atoms with van der Waals surface area (Å²) in [5, 5.41) is 14.4. The van der Waals surface area contributed by atoms with E-state index in [1.807, 2.05) is 6.26 Å². The molecule has 1 aromatic rings. The number of thioether (sulfide) groups is 1. The van der Waals surface area contributed by atoms with Gasteiger partial charge < -0.3 is 5.32 Å². The third-order valence-electron chi connectivity index (χ3n) is 3.63. The van der Waals surface area contributed by atoms with Gasteiger partial charge in [0.05, 0.1) is 5.71 Å². The zero-order valence-corrected chi connectivity index (χ0v) is 14.3. The van der Waals surface area contributed by atoms with Crippen LogP contribution < -0.4 is 10.4 Å². The zero-order valence-electron chi connectivity index (χ0n) is 13.5. The summed E-state index contributed by atoms with van der Waals surface area (Å²) in [6.45, 7) is 5.27. The van der Waals surface area contributed by atoms with Crippen molar-refractivity contribution in [3.05, 3.63) is 17.7 Å². The Bertz CT molecular complexity index is 562. The molecule has 0 amide bonds. The van der Waals surface area contributed by atoms with Gasteiger partial charge in [-0.15, -0.1) is 9.89 Å². The van der Waals surface area contributed by atoms with Gasteiger partial charge in [-0.1, -0.05) is 11.8 Å². The van der Waals surface area contributed by atoms with E-state index in [0.717, 1.165) is 36.9 Å². The van der Waals surface area contributed by atoms with Gasteiger partial charge in [0.1, 0.15) is 5.83 Å². The van der Waals surface area contributed by atoms with E-state index in [1.54, 1.807) is 25.7 Å². The molecule has 1 N–H and O–H groups in total. The van der Waals surface area contributed by atoms with Crippen molar-refractivity contribution < 1.29 is 4.39 Å². The first-order chi connectivity index (χ1) is 10.6. The van der Waals surface area contributed by atoms with Crippen LogP contribution in [0.2, 0.25) is 0 Å². The van der Waals surface area contributed by atoms with Crippen LogP contribution in [0, 0.1) is 0 Å². The summed E-state index contributed by atoms with van der Waals surface area (Å²) in [6, 6.07) is 0. The molecule has 0 aromatic carbocycles. The number of allylic oxidation sites excluding steroid dienone is 2. The smallest absolute Gasteiger partial charge is 0.210 e. The number of nitrogens with one attached hydrogen (secondary N) is 1. The number of piperidine rings is 1. The van der Waals surface area contributed by atoms with Gasteiger partial charge in [0.2, 0.25) is 5.16 Å². The predicted molar refractivity (Wildman–Crippen MR) is 88.8 cm³/mol. The van der Waals surface area contributed by atoms with Crippen molar-refractivity contribution in [2.75, 3.05) is 31.5 Å². The Labute approximate surface area is 134 Å². The minimum Gasteiger partial charge on any atom is -0.317 e. The van der Waals surface area contributed by atoms with Crippen LogP contribution in [0.3, 0.4) is 0 Å². The maximum absolute atomic E-state index is 13.5. The summed E-state index contributed by atoms with van der Waals surface area (Å²) in [7, 11) is 1.74. The molecule has 0 aliphatic carbocycles. The summed E-state index contributed by atoms with van der Waals surface area (Å²) in [6.07, 6.45) is 5.42. The predicted octanol–water partition coefficient (Wildman–Crippen LogP) is 2.28. The summed E-state index contributed by atoms with van der Waals surface area (Å²) >= 11 is 1.50. The standard InChI is InChI=1S/C14H23FN6S/c1-5-12(15)10(2)18-20(3)21-14(22-4)17-13(19-21)11-6-8-16-9-7-11/h5,11,16H,6-9H2,1-4H3/b12-5+,18-10+. The van der Waals surface area contributed by atoms with Crippen molar-refractivity contribution in [3.63, 3.8) is 0 Å². The Hall–Kier alpha value is -1.41. The van der Waals surface area contributed by atoms with Gasteiger partial charge in [0.15, 0.2) is 5.82 Å². The number of hydrogen-bond acceptors (Lipinski definition) is 6. The van der Waals surface area contributed by atoms with Crippen molar-refractivity contribution in [1.82, 2.24) is 20.2 Å². The number of aromatic nitrogens is 3. The van der Waals surface area contributed by atoms with Crippen molar-refractivity contribution in [2.24, 2.45) is 5.10 Å². The van der Waals surface area contributed by atoms with E-state index in [2.05, 4.69) is 20.5 Å². The number of hydrazone groups is 1. The molecule has 122 valence electrons. The molecule has 1 aliphatic rings. The lowest BCUT2D eigenvalue weighted by atomic mass is 9.98. The van der Waals surface area contributed by atoms with Crippen LogP contribution in [0.25, 0.3) is 0 Å². The molecule has 0 radical (unpaired) electrons. The fourth-order valence-electron chi connectivity index (χ4n) is 2.39. The van der Waals surface area contributed by atoms with E-state index in [-0.39, 0.29) is 5.83 Å². The molecule has 0 atom stereocenters. The van der Waals surface area contributed by atoms with Crippen LogP contribution in [0.4, 0.5) is 4.39 Å².